The Kier molecular flexibility index (Phi) is 2.32. The van der Waals surface area contributed by atoms with E-state index in [4.69, 9.17) is 4.52 Å². The lowest BCUT2D eigenvalue weighted by Gasteiger charge is -2.19. The number of aromatic nitrogens is 1. The van der Waals surface area contributed by atoms with Gasteiger partial charge in [0.1, 0.15) is 6.26 Å². The van der Waals surface area contributed by atoms with Crippen LogP contribution in [0, 0.1) is 0 Å². The number of fused-ring (bicyclic) bond motifs is 1. The number of hydrogen-bond donors (Lipinski definition) is 0. The highest BCUT2D eigenvalue weighted by atomic mass is 16.5. The summed E-state index contributed by atoms with van der Waals surface area (Å²) in [6.45, 7) is 4.67. The van der Waals surface area contributed by atoms with Gasteiger partial charge in [0, 0.05) is 12.0 Å². The molecule has 1 heterocycles. The Labute approximate surface area is 102 Å². The summed E-state index contributed by atoms with van der Waals surface area (Å²) >= 11 is 0. The van der Waals surface area contributed by atoms with Gasteiger partial charge in [0.2, 0.25) is 0 Å². The van der Waals surface area contributed by atoms with Crippen molar-refractivity contribution in [2.45, 2.75) is 38.5 Å². The normalized spacial score (nSPS) is 17.1. The molecule has 0 amide bonds. The number of rotatable bonds is 2. The van der Waals surface area contributed by atoms with Crippen molar-refractivity contribution in [3.63, 3.8) is 0 Å². The Bertz CT molecular complexity index is 526. The van der Waals surface area contributed by atoms with Crippen LogP contribution in [0.3, 0.4) is 0 Å². The standard InChI is InChI=1S/C15H17NO/c1-15(2)6-5-13-4-3-11(8-14(13)15)7-12-9-16-17-10-12/h3-4,8-10H,5-7H2,1-2H3. The van der Waals surface area contributed by atoms with Gasteiger partial charge in [-0.25, -0.2) is 0 Å². The minimum atomic E-state index is 0.333. The molecule has 0 aliphatic heterocycles. The second-order valence-corrected chi connectivity index (χ2v) is 5.58. The topological polar surface area (TPSA) is 26.0 Å². The molecule has 2 heteroatoms. The average molecular weight is 227 g/mol. The Hall–Kier alpha value is -1.57. The molecule has 0 fully saturated rings. The second kappa shape index (κ2) is 3.73. The fraction of sp³-hybridized carbons (Fsp3) is 0.400. The summed E-state index contributed by atoms with van der Waals surface area (Å²) < 4.78 is 4.87. The first kappa shape index (κ1) is 10.6. The van der Waals surface area contributed by atoms with Crippen molar-refractivity contribution in [3.05, 3.63) is 52.9 Å². The number of aryl methyl sites for hydroxylation is 1. The first-order valence-corrected chi connectivity index (χ1v) is 6.16. The van der Waals surface area contributed by atoms with Gasteiger partial charge in [-0.1, -0.05) is 37.2 Å². The van der Waals surface area contributed by atoms with Gasteiger partial charge in [0.05, 0.1) is 6.20 Å². The third kappa shape index (κ3) is 1.88. The van der Waals surface area contributed by atoms with E-state index in [9.17, 15) is 0 Å². The smallest absolute Gasteiger partial charge is 0.127 e. The van der Waals surface area contributed by atoms with Crippen LogP contribution in [0.2, 0.25) is 0 Å². The molecular weight excluding hydrogens is 210 g/mol. The summed E-state index contributed by atoms with van der Waals surface area (Å²) in [5.74, 6) is 0. The highest BCUT2D eigenvalue weighted by Crippen LogP contribution is 2.38. The molecule has 1 aromatic carbocycles. The minimum Gasteiger partial charge on any atom is -0.364 e. The van der Waals surface area contributed by atoms with Crippen LogP contribution >= 0.6 is 0 Å². The number of hydrogen-bond acceptors (Lipinski definition) is 2. The summed E-state index contributed by atoms with van der Waals surface area (Å²) in [6.07, 6.45) is 6.90. The number of nitrogens with zero attached hydrogens (tertiary/aromatic N) is 1. The van der Waals surface area contributed by atoms with E-state index in [-0.39, 0.29) is 0 Å². The monoisotopic (exact) mass is 227 g/mol. The van der Waals surface area contributed by atoms with Gasteiger partial charge in [-0.3, -0.25) is 0 Å². The van der Waals surface area contributed by atoms with Crippen LogP contribution in [0.4, 0.5) is 0 Å². The summed E-state index contributed by atoms with van der Waals surface area (Å²) in [6, 6.07) is 6.87. The first-order chi connectivity index (χ1) is 8.15. The van der Waals surface area contributed by atoms with Gasteiger partial charge in [-0.15, -0.1) is 0 Å². The molecule has 0 atom stereocenters. The van der Waals surface area contributed by atoms with Crippen molar-refractivity contribution in [2.24, 2.45) is 0 Å². The molecular formula is C15H17NO. The maximum absolute atomic E-state index is 4.87. The zero-order valence-corrected chi connectivity index (χ0v) is 10.4. The van der Waals surface area contributed by atoms with E-state index in [1.165, 1.54) is 29.5 Å². The van der Waals surface area contributed by atoms with Crippen molar-refractivity contribution in [3.8, 4) is 0 Å². The van der Waals surface area contributed by atoms with E-state index in [2.05, 4.69) is 37.2 Å². The van der Waals surface area contributed by atoms with Crippen LogP contribution in [-0.2, 0) is 18.3 Å². The molecule has 1 aliphatic rings. The quantitative estimate of drug-likeness (QED) is 0.785. The van der Waals surface area contributed by atoms with Gasteiger partial charge < -0.3 is 4.52 Å². The molecule has 1 aliphatic carbocycles. The Balaban J connectivity index is 1.93. The first-order valence-electron chi connectivity index (χ1n) is 6.16. The molecule has 17 heavy (non-hydrogen) atoms. The molecule has 88 valence electrons. The summed E-state index contributed by atoms with van der Waals surface area (Å²) in [5.41, 5.74) is 5.86. The molecule has 2 aromatic rings. The lowest BCUT2D eigenvalue weighted by atomic mass is 9.85. The molecule has 0 spiro atoms. The lowest BCUT2D eigenvalue weighted by molar-refractivity contribution is 0.419. The van der Waals surface area contributed by atoms with Crippen molar-refractivity contribution >= 4 is 0 Å². The molecule has 0 bridgehead atoms. The summed E-state index contributed by atoms with van der Waals surface area (Å²) in [7, 11) is 0. The van der Waals surface area contributed by atoms with Crippen LogP contribution in [0.5, 0.6) is 0 Å². The Morgan fingerprint density at radius 3 is 2.94 bits per heavy atom. The molecule has 2 nitrogen and oxygen atoms in total. The molecule has 0 unspecified atom stereocenters. The SMILES string of the molecule is CC1(C)CCc2ccc(Cc3cnoc3)cc21. The predicted molar refractivity (Wildman–Crippen MR) is 67.1 cm³/mol. The van der Waals surface area contributed by atoms with Gasteiger partial charge in [0.25, 0.3) is 0 Å². The zero-order chi connectivity index (χ0) is 11.9. The molecule has 0 saturated heterocycles. The maximum Gasteiger partial charge on any atom is 0.127 e. The van der Waals surface area contributed by atoms with Crippen molar-refractivity contribution < 1.29 is 4.52 Å². The second-order valence-electron chi connectivity index (χ2n) is 5.58. The van der Waals surface area contributed by atoms with E-state index in [1.807, 2.05) is 0 Å². The van der Waals surface area contributed by atoms with Gasteiger partial charge >= 0.3 is 0 Å². The average Bonchev–Trinajstić information content (AvgIpc) is 2.89. The van der Waals surface area contributed by atoms with Gasteiger partial charge in [0.15, 0.2) is 0 Å². The molecule has 0 saturated carbocycles. The molecule has 3 rings (SSSR count). The van der Waals surface area contributed by atoms with E-state index in [1.54, 1.807) is 12.5 Å². The van der Waals surface area contributed by atoms with Crippen molar-refractivity contribution in [1.82, 2.24) is 5.16 Å². The Morgan fingerprint density at radius 1 is 1.29 bits per heavy atom. The van der Waals surface area contributed by atoms with E-state index in [0.717, 1.165) is 12.0 Å². The van der Waals surface area contributed by atoms with Crippen LogP contribution in [0.25, 0.3) is 0 Å². The third-order valence-electron chi connectivity index (χ3n) is 3.81. The number of benzene rings is 1. The van der Waals surface area contributed by atoms with Crippen LogP contribution in [-0.4, -0.2) is 5.16 Å². The maximum atomic E-state index is 4.87. The van der Waals surface area contributed by atoms with Crippen molar-refractivity contribution in [2.75, 3.05) is 0 Å². The molecule has 1 aromatic heterocycles. The van der Waals surface area contributed by atoms with E-state index >= 15 is 0 Å². The summed E-state index contributed by atoms with van der Waals surface area (Å²) in [4.78, 5) is 0. The van der Waals surface area contributed by atoms with E-state index < -0.39 is 0 Å². The van der Waals surface area contributed by atoms with Crippen LogP contribution in [0.1, 0.15) is 42.5 Å². The van der Waals surface area contributed by atoms with Crippen LogP contribution < -0.4 is 0 Å². The lowest BCUT2D eigenvalue weighted by Crippen LogP contribution is -2.12. The zero-order valence-electron chi connectivity index (χ0n) is 10.4. The van der Waals surface area contributed by atoms with Crippen molar-refractivity contribution in [1.29, 1.82) is 0 Å². The van der Waals surface area contributed by atoms with E-state index in [0.29, 0.717) is 5.41 Å². The van der Waals surface area contributed by atoms with Crippen LogP contribution in [0.15, 0.2) is 35.2 Å². The fourth-order valence-electron chi connectivity index (χ4n) is 2.71. The highest BCUT2D eigenvalue weighted by Gasteiger charge is 2.29. The Morgan fingerprint density at radius 2 is 2.18 bits per heavy atom. The largest absolute Gasteiger partial charge is 0.364 e. The van der Waals surface area contributed by atoms with Gasteiger partial charge in [-0.05, 0) is 34.9 Å². The van der Waals surface area contributed by atoms with Gasteiger partial charge in [-0.2, -0.15) is 0 Å². The predicted octanol–water partition coefficient (Wildman–Crippen LogP) is 3.49. The highest BCUT2D eigenvalue weighted by molar-refractivity contribution is 5.42. The molecule has 0 N–H and O–H groups in total. The summed E-state index contributed by atoms with van der Waals surface area (Å²) in [5, 5.41) is 3.74. The fourth-order valence-corrected chi connectivity index (χ4v) is 2.71. The minimum absolute atomic E-state index is 0.333. The third-order valence-corrected chi connectivity index (χ3v) is 3.81. The molecule has 0 radical (unpaired) electrons.